The van der Waals surface area contributed by atoms with Crippen LogP contribution in [0.3, 0.4) is 0 Å². The zero-order valence-electron chi connectivity index (χ0n) is 19.9. The highest BCUT2D eigenvalue weighted by Gasteiger charge is 2.73. The first-order chi connectivity index (χ1) is 17.0. The summed E-state index contributed by atoms with van der Waals surface area (Å²) in [5, 5.41) is 1.18. The number of ether oxygens (including phenoxy) is 3. The molecule has 180 valence electrons. The fourth-order valence-corrected chi connectivity index (χ4v) is 7.50. The molecule has 5 atom stereocenters. The number of methoxy groups -OCH3 is 1. The molecule has 35 heavy (non-hydrogen) atoms. The lowest BCUT2D eigenvalue weighted by Gasteiger charge is -2.55. The zero-order valence-corrected chi connectivity index (χ0v) is 19.9. The highest BCUT2D eigenvalue weighted by molar-refractivity contribution is 5.91. The molecule has 1 aromatic heterocycles. The van der Waals surface area contributed by atoms with Gasteiger partial charge in [0.05, 0.1) is 24.2 Å². The summed E-state index contributed by atoms with van der Waals surface area (Å²) in [7, 11) is 1.42. The number of hydrogen-bond donors (Lipinski definition) is 0. The number of aromatic nitrogens is 1. The van der Waals surface area contributed by atoms with Crippen molar-refractivity contribution in [2.45, 2.75) is 50.2 Å². The van der Waals surface area contributed by atoms with Crippen LogP contribution in [0.4, 0.5) is 0 Å². The summed E-state index contributed by atoms with van der Waals surface area (Å²) >= 11 is 0. The number of nitrogens with zero attached hydrogens (tertiary/aromatic N) is 2. The largest absolute Gasteiger partial charge is 0.465 e. The number of esters is 2. The van der Waals surface area contributed by atoms with Gasteiger partial charge in [0.15, 0.2) is 0 Å². The molecule has 2 fully saturated rings. The Hall–Kier alpha value is -3.16. The number of para-hydroxylation sites is 1. The van der Waals surface area contributed by atoms with Gasteiger partial charge >= 0.3 is 11.9 Å². The Morgan fingerprint density at radius 1 is 1.11 bits per heavy atom. The SMILES string of the molecule is CC[C@@]12C[C@]3(C(=O)OC)O[C@@H]1[C@@H](OC(=O)c1ccccc1)CN1CCc4c(n3c3ccccc43)[C@@H]12. The van der Waals surface area contributed by atoms with Crippen LogP contribution in [-0.4, -0.2) is 53.8 Å². The van der Waals surface area contributed by atoms with Gasteiger partial charge in [-0.3, -0.25) is 4.90 Å². The molecule has 0 spiro atoms. The average molecular weight is 473 g/mol. The molecule has 2 bridgehead atoms. The Kier molecular flexibility index (Phi) is 4.34. The van der Waals surface area contributed by atoms with E-state index in [0.29, 0.717) is 18.5 Å². The van der Waals surface area contributed by atoms with Gasteiger partial charge in [-0.25, -0.2) is 9.59 Å². The van der Waals surface area contributed by atoms with Gasteiger partial charge in [-0.2, -0.15) is 0 Å². The molecule has 2 saturated heterocycles. The Bertz CT molecular complexity index is 1370. The van der Waals surface area contributed by atoms with Gasteiger partial charge in [-0.05, 0) is 36.6 Å². The normalized spacial score (nSPS) is 32.5. The van der Waals surface area contributed by atoms with E-state index in [1.54, 1.807) is 12.1 Å². The first kappa shape index (κ1) is 21.1. The maximum atomic E-state index is 13.6. The molecule has 7 heteroatoms. The van der Waals surface area contributed by atoms with Crippen LogP contribution in [0.2, 0.25) is 0 Å². The Morgan fingerprint density at radius 2 is 1.89 bits per heavy atom. The van der Waals surface area contributed by atoms with Crippen LogP contribution < -0.4 is 0 Å². The summed E-state index contributed by atoms with van der Waals surface area (Å²) in [5.41, 5.74) is 2.35. The fraction of sp³-hybridized carbons (Fsp3) is 0.429. The molecule has 3 aromatic rings. The van der Waals surface area contributed by atoms with Gasteiger partial charge in [0, 0.05) is 36.0 Å². The predicted molar refractivity (Wildman–Crippen MR) is 128 cm³/mol. The van der Waals surface area contributed by atoms with Gasteiger partial charge in [0.2, 0.25) is 5.72 Å². The molecule has 4 aliphatic rings. The van der Waals surface area contributed by atoms with Crippen molar-refractivity contribution in [2.24, 2.45) is 5.41 Å². The quantitative estimate of drug-likeness (QED) is 0.538. The van der Waals surface area contributed by atoms with Gasteiger partial charge < -0.3 is 18.8 Å². The topological polar surface area (TPSA) is 70.0 Å². The van der Waals surface area contributed by atoms with Crippen molar-refractivity contribution in [3.05, 3.63) is 71.4 Å². The molecule has 0 amide bonds. The lowest BCUT2D eigenvalue weighted by Crippen LogP contribution is -2.62. The first-order valence-electron chi connectivity index (χ1n) is 12.4. The van der Waals surface area contributed by atoms with Crippen molar-refractivity contribution in [1.82, 2.24) is 9.47 Å². The lowest BCUT2D eigenvalue weighted by molar-refractivity contribution is -0.191. The number of rotatable bonds is 4. The zero-order chi connectivity index (χ0) is 23.9. The van der Waals surface area contributed by atoms with Crippen LogP contribution in [0.15, 0.2) is 54.6 Å². The lowest BCUT2D eigenvalue weighted by atomic mass is 9.62. The summed E-state index contributed by atoms with van der Waals surface area (Å²) in [6, 6.07) is 17.4. The van der Waals surface area contributed by atoms with Gasteiger partial charge in [0.1, 0.15) is 12.2 Å². The van der Waals surface area contributed by atoms with Crippen molar-refractivity contribution >= 4 is 22.8 Å². The number of hydrogen-bond acceptors (Lipinski definition) is 6. The smallest absolute Gasteiger partial charge is 0.360 e. The summed E-state index contributed by atoms with van der Waals surface area (Å²) in [6.07, 6.45) is 1.28. The van der Waals surface area contributed by atoms with Gasteiger partial charge in [-0.1, -0.05) is 43.3 Å². The van der Waals surface area contributed by atoms with E-state index in [0.717, 1.165) is 24.9 Å². The molecule has 5 heterocycles. The highest BCUT2D eigenvalue weighted by atomic mass is 16.6. The van der Waals surface area contributed by atoms with Crippen LogP contribution in [0, 0.1) is 5.41 Å². The molecule has 2 aromatic carbocycles. The summed E-state index contributed by atoms with van der Waals surface area (Å²) in [5.74, 6) is -0.757. The van der Waals surface area contributed by atoms with Crippen molar-refractivity contribution in [3.8, 4) is 0 Å². The van der Waals surface area contributed by atoms with Crippen LogP contribution in [0.25, 0.3) is 10.9 Å². The van der Waals surface area contributed by atoms with Gasteiger partial charge in [0.25, 0.3) is 0 Å². The predicted octanol–water partition coefficient (Wildman–Crippen LogP) is 3.80. The minimum atomic E-state index is -1.27. The molecule has 7 nitrogen and oxygen atoms in total. The standard InChI is InChI=1S/C28H28N2O5/c1-3-27-16-28(26(32)33-2)30-20-12-8-7-11-18(20)19-13-14-29(23(27)22(19)30)15-21(24(27)35-28)34-25(31)17-9-5-4-6-10-17/h4-12,21,23-24H,3,13-16H2,1-2H3/t21-,23+,24+,27-,28+/m0/s1. The molecule has 0 N–H and O–H groups in total. The summed E-state index contributed by atoms with van der Waals surface area (Å²) in [4.78, 5) is 29.1. The van der Waals surface area contributed by atoms with E-state index < -0.39 is 23.9 Å². The molecular formula is C28H28N2O5. The van der Waals surface area contributed by atoms with E-state index in [4.69, 9.17) is 14.2 Å². The van der Waals surface area contributed by atoms with Crippen LogP contribution in [-0.2, 0) is 31.2 Å². The summed E-state index contributed by atoms with van der Waals surface area (Å²) in [6.45, 7) is 3.62. The monoisotopic (exact) mass is 472 g/mol. The first-order valence-corrected chi connectivity index (χ1v) is 12.4. The number of carbonyl (C=O) groups is 2. The summed E-state index contributed by atoms with van der Waals surface area (Å²) < 4.78 is 20.5. The minimum Gasteiger partial charge on any atom is -0.465 e. The third kappa shape index (κ3) is 2.52. The van der Waals surface area contributed by atoms with E-state index in [-0.39, 0.29) is 17.4 Å². The van der Waals surface area contributed by atoms with E-state index >= 15 is 0 Å². The van der Waals surface area contributed by atoms with E-state index in [9.17, 15) is 9.59 Å². The molecule has 7 rings (SSSR count). The second kappa shape index (κ2) is 7.18. The molecule has 0 radical (unpaired) electrons. The molecule has 0 unspecified atom stereocenters. The number of carbonyl (C=O) groups excluding carboxylic acids is 2. The van der Waals surface area contributed by atoms with Crippen molar-refractivity contribution in [3.63, 3.8) is 0 Å². The van der Waals surface area contributed by atoms with E-state index in [2.05, 4.69) is 34.6 Å². The number of piperidine rings is 1. The van der Waals surface area contributed by atoms with Crippen molar-refractivity contribution in [2.75, 3.05) is 20.2 Å². The molecule has 0 aliphatic carbocycles. The van der Waals surface area contributed by atoms with Gasteiger partial charge in [-0.15, -0.1) is 0 Å². The maximum Gasteiger partial charge on any atom is 0.360 e. The fourth-order valence-electron chi connectivity index (χ4n) is 7.50. The third-order valence-electron chi connectivity index (χ3n) is 8.84. The Labute approximate surface area is 203 Å². The number of fused-ring (bicyclic) bond motifs is 5. The van der Waals surface area contributed by atoms with Crippen molar-refractivity contribution in [1.29, 1.82) is 0 Å². The third-order valence-corrected chi connectivity index (χ3v) is 8.84. The van der Waals surface area contributed by atoms with Crippen molar-refractivity contribution < 1.29 is 23.8 Å². The highest BCUT2D eigenvalue weighted by Crippen LogP contribution is 2.67. The second-order valence-electron chi connectivity index (χ2n) is 10.3. The number of benzene rings is 2. The average Bonchev–Trinajstić information content (AvgIpc) is 3.41. The van der Waals surface area contributed by atoms with Crippen LogP contribution >= 0.6 is 0 Å². The second-order valence-corrected chi connectivity index (χ2v) is 10.3. The molecular weight excluding hydrogens is 444 g/mol. The Balaban J connectivity index is 1.42. The van der Waals surface area contributed by atoms with Crippen LogP contribution in [0.5, 0.6) is 0 Å². The van der Waals surface area contributed by atoms with E-state index in [1.807, 2.05) is 24.3 Å². The Morgan fingerprint density at radius 3 is 2.66 bits per heavy atom. The maximum absolute atomic E-state index is 13.6. The van der Waals surface area contributed by atoms with E-state index in [1.165, 1.54) is 23.8 Å². The minimum absolute atomic E-state index is 0.0978. The molecule has 0 saturated carbocycles. The molecule has 4 aliphatic heterocycles. The van der Waals surface area contributed by atoms with Crippen LogP contribution in [0.1, 0.15) is 47.4 Å².